The zero-order valence-corrected chi connectivity index (χ0v) is 27.3. The predicted molar refractivity (Wildman–Crippen MR) is 173 cm³/mol. The molecule has 0 radical (unpaired) electrons. The molecule has 4 rings (SSSR count). The van der Waals surface area contributed by atoms with E-state index in [-0.39, 0.29) is 36.2 Å². The maximum Gasteiger partial charge on any atom is 0.244 e. The Morgan fingerprint density at radius 1 is 0.955 bits per heavy atom. The Bertz CT molecular complexity index is 1570. The summed E-state index contributed by atoms with van der Waals surface area (Å²) in [5, 5.41) is 3.70. The fourth-order valence-corrected chi connectivity index (χ4v) is 6.24. The van der Waals surface area contributed by atoms with Crippen LogP contribution in [0.15, 0.2) is 66.7 Å². The fourth-order valence-electron chi connectivity index (χ4n) is 4.72. The highest BCUT2D eigenvalue weighted by Crippen LogP contribution is 2.35. The van der Waals surface area contributed by atoms with E-state index in [4.69, 9.17) is 32.7 Å². The Labute approximate surface area is 269 Å². The zero-order chi connectivity index (χ0) is 31.9. The summed E-state index contributed by atoms with van der Waals surface area (Å²) in [6.45, 7) is 5.96. The van der Waals surface area contributed by atoms with Crippen molar-refractivity contribution in [3.05, 3.63) is 87.9 Å². The van der Waals surface area contributed by atoms with Gasteiger partial charge in [-0.25, -0.2) is 8.42 Å². The summed E-state index contributed by atoms with van der Waals surface area (Å²) in [4.78, 5) is 29.5. The fraction of sp³-hybridized carbons (Fsp3) is 0.375. The molecule has 12 heteroatoms. The highest BCUT2D eigenvalue weighted by Gasteiger charge is 2.34. The molecule has 236 valence electrons. The summed E-state index contributed by atoms with van der Waals surface area (Å²) < 4.78 is 39.2. The van der Waals surface area contributed by atoms with Crippen LogP contribution in [0.5, 0.6) is 11.5 Å². The van der Waals surface area contributed by atoms with Crippen molar-refractivity contribution in [1.29, 1.82) is 0 Å². The van der Waals surface area contributed by atoms with E-state index in [0.29, 0.717) is 46.9 Å². The molecule has 9 nitrogen and oxygen atoms in total. The molecule has 0 fully saturated rings. The van der Waals surface area contributed by atoms with Gasteiger partial charge in [-0.3, -0.25) is 13.9 Å². The maximum absolute atomic E-state index is 14.3. The van der Waals surface area contributed by atoms with Crippen LogP contribution in [0.1, 0.15) is 31.9 Å². The normalized spacial score (nSPS) is 13.3. The van der Waals surface area contributed by atoms with Crippen LogP contribution in [0.3, 0.4) is 0 Å². The number of nitrogens with zero attached hydrogens (tertiary/aromatic N) is 2. The molecule has 3 aromatic carbocycles. The van der Waals surface area contributed by atoms with Crippen LogP contribution in [0, 0.1) is 5.92 Å². The second-order valence-electron chi connectivity index (χ2n) is 10.8. The Balaban J connectivity index is 1.76. The minimum absolute atomic E-state index is 0.0530. The molecule has 0 unspecified atom stereocenters. The van der Waals surface area contributed by atoms with Crippen molar-refractivity contribution < 1.29 is 27.5 Å². The van der Waals surface area contributed by atoms with E-state index in [2.05, 4.69) is 5.32 Å². The lowest BCUT2D eigenvalue weighted by Gasteiger charge is -2.34. The van der Waals surface area contributed by atoms with Gasteiger partial charge in [-0.05, 0) is 48.2 Å². The molecule has 0 aliphatic carbocycles. The number of nitrogens with one attached hydrogen (secondary N) is 1. The molecular formula is C32H37Cl2N3O6S. The molecule has 1 heterocycles. The Morgan fingerprint density at radius 2 is 1.66 bits per heavy atom. The third-order valence-corrected chi connectivity index (χ3v) is 9.43. The van der Waals surface area contributed by atoms with Crippen LogP contribution in [0.2, 0.25) is 10.0 Å². The Morgan fingerprint density at radius 3 is 2.32 bits per heavy atom. The maximum atomic E-state index is 14.3. The number of carbonyl (C=O) groups excluding carboxylic acids is 2. The standard InChI is InChI=1S/C32H37Cl2N3O6S/c1-4-44(40,41)37(26-12-13-29-30(18-26)43-15-14-42-29)21-31(38)36(20-24-10-11-25(33)17-27(24)34)28(32(39)35-19-22(2)3)16-23-8-6-5-7-9-23/h5-13,17-18,22,28H,4,14-16,19-21H2,1-3H3,(H,35,39)/t28-/m0/s1. The van der Waals surface area contributed by atoms with Crippen LogP contribution in [0.25, 0.3) is 0 Å². The molecule has 3 aromatic rings. The lowest BCUT2D eigenvalue weighted by molar-refractivity contribution is -0.140. The van der Waals surface area contributed by atoms with Crippen molar-refractivity contribution >= 4 is 50.7 Å². The minimum atomic E-state index is -3.94. The lowest BCUT2D eigenvalue weighted by Crippen LogP contribution is -2.54. The number of ether oxygens (including phenoxy) is 2. The van der Waals surface area contributed by atoms with Crippen LogP contribution in [0.4, 0.5) is 5.69 Å². The third-order valence-electron chi connectivity index (χ3n) is 7.10. The monoisotopic (exact) mass is 661 g/mol. The van der Waals surface area contributed by atoms with E-state index >= 15 is 0 Å². The van der Waals surface area contributed by atoms with E-state index in [1.54, 1.807) is 36.4 Å². The first-order chi connectivity index (χ1) is 21.0. The van der Waals surface area contributed by atoms with Crippen LogP contribution in [-0.4, -0.2) is 63.2 Å². The number of amides is 2. The van der Waals surface area contributed by atoms with Crippen LogP contribution < -0.4 is 19.1 Å². The summed E-state index contributed by atoms with van der Waals surface area (Å²) in [6.07, 6.45) is 0.201. The summed E-state index contributed by atoms with van der Waals surface area (Å²) in [7, 11) is -3.94. The van der Waals surface area contributed by atoms with Gasteiger partial charge in [-0.1, -0.05) is 73.4 Å². The highest BCUT2D eigenvalue weighted by molar-refractivity contribution is 7.92. The molecule has 1 aliphatic heterocycles. The Kier molecular flexibility index (Phi) is 11.4. The van der Waals surface area contributed by atoms with E-state index in [1.165, 1.54) is 11.8 Å². The van der Waals surface area contributed by atoms with E-state index in [0.717, 1.165) is 9.87 Å². The van der Waals surface area contributed by atoms with Gasteiger partial charge in [0.05, 0.1) is 11.4 Å². The number of hydrogen-bond acceptors (Lipinski definition) is 6. The van der Waals surface area contributed by atoms with Crippen molar-refractivity contribution in [2.24, 2.45) is 5.92 Å². The lowest BCUT2D eigenvalue weighted by atomic mass is 10.0. The van der Waals surface area contributed by atoms with E-state index in [9.17, 15) is 18.0 Å². The number of halogens is 2. The topological polar surface area (TPSA) is 105 Å². The molecule has 0 saturated carbocycles. The molecule has 0 saturated heterocycles. The van der Waals surface area contributed by atoms with Gasteiger partial charge in [0.2, 0.25) is 21.8 Å². The van der Waals surface area contributed by atoms with Gasteiger partial charge in [0.25, 0.3) is 0 Å². The summed E-state index contributed by atoms with van der Waals surface area (Å²) in [6, 6.07) is 18.0. The molecule has 1 aliphatic rings. The van der Waals surface area contributed by atoms with Gasteiger partial charge in [-0.2, -0.15) is 0 Å². The summed E-state index contributed by atoms with van der Waals surface area (Å²) >= 11 is 12.7. The SMILES string of the molecule is CCS(=O)(=O)N(CC(=O)N(Cc1ccc(Cl)cc1Cl)[C@@H](Cc1ccccc1)C(=O)NCC(C)C)c1ccc2c(c1)OCCO2. The number of carbonyl (C=O) groups is 2. The molecule has 44 heavy (non-hydrogen) atoms. The summed E-state index contributed by atoms with van der Waals surface area (Å²) in [5.74, 6) is -0.137. The predicted octanol–water partition coefficient (Wildman–Crippen LogP) is 5.33. The molecule has 0 aromatic heterocycles. The third kappa shape index (κ3) is 8.58. The molecule has 0 bridgehead atoms. The number of benzene rings is 3. The van der Waals surface area contributed by atoms with Crippen LogP contribution >= 0.6 is 23.2 Å². The van der Waals surface area contributed by atoms with Crippen molar-refractivity contribution in [3.8, 4) is 11.5 Å². The number of sulfonamides is 1. The average Bonchev–Trinajstić information content (AvgIpc) is 3.01. The molecule has 2 amide bonds. The molecule has 1 N–H and O–H groups in total. The van der Waals surface area contributed by atoms with Gasteiger partial charge in [0.1, 0.15) is 25.8 Å². The number of anilines is 1. The van der Waals surface area contributed by atoms with Gasteiger partial charge in [0.15, 0.2) is 11.5 Å². The minimum Gasteiger partial charge on any atom is -0.486 e. The quantitative estimate of drug-likeness (QED) is 0.265. The van der Waals surface area contributed by atoms with E-state index in [1.807, 2.05) is 44.2 Å². The van der Waals surface area contributed by atoms with Gasteiger partial charge >= 0.3 is 0 Å². The van der Waals surface area contributed by atoms with Gasteiger partial charge in [-0.15, -0.1) is 0 Å². The first-order valence-corrected chi connectivity index (χ1v) is 16.8. The average molecular weight is 663 g/mol. The second-order valence-corrected chi connectivity index (χ2v) is 13.9. The first-order valence-electron chi connectivity index (χ1n) is 14.4. The van der Waals surface area contributed by atoms with Gasteiger partial charge in [0, 0.05) is 35.6 Å². The first kappa shape index (κ1) is 33.4. The van der Waals surface area contributed by atoms with Gasteiger partial charge < -0.3 is 19.7 Å². The smallest absolute Gasteiger partial charge is 0.244 e. The number of hydrogen-bond donors (Lipinski definition) is 1. The molecular weight excluding hydrogens is 625 g/mol. The Hall–Kier alpha value is -3.47. The largest absolute Gasteiger partial charge is 0.486 e. The van der Waals surface area contributed by atoms with E-state index < -0.39 is 28.5 Å². The highest BCUT2D eigenvalue weighted by atomic mass is 35.5. The van der Waals surface area contributed by atoms with Crippen molar-refractivity contribution in [3.63, 3.8) is 0 Å². The van der Waals surface area contributed by atoms with Crippen molar-refractivity contribution in [1.82, 2.24) is 10.2 Å². The van der Waals surface area contributed by atoms with Crippen molar-refractivity contribution in [2.45, 2.75) is 39.8 Å². The zero-order valence-electron chi connectivity index (χ0n) is 25.0. The van der Waals surface area contributed by atoms with Crippen molar-refractivity contribution in [2.75, 3.05) is 36.4 Å². The summed E-state index contributed by atoms with van der Waals surface area (Å²) in [5.41, 5.74) is 1.64. The molecule has 1 atom stereocenters. The molecule has 0 spiro atoms. The second kappa shape index (κ2) is 15.0. The van der Waals surface area contributed by atoms with Crippen LogP contribution in [-0.2, 0) is 32.6 Å². The number of fused-ring (bicyclic) bond motifs is 1. The number of rotatable bonds is 13.